The lowest BCUT2D eigenvalue weighted by molar-refractivity contribution is 0.102. The molecule has 134 valence electrons. The van der Waals surface area contributed by atoms with Crippen LogP contribution in [-0.2, 0) is 0 Å². The van der Waals surface area contributed by atoms with E-state index in [-0.39, 0.29) is 5.91 Å². The van der Waals surface area contributed by atoms with Crippen LogP contribution in [0.2, 0.25) is 0 Å². The van der Waals surface area contributed by atoms with Crippen LogP contribution in [0.15, 0.2) is 85.6 Å². The molecule has 2 aromatic carbocycles. The Hall–Kier alpha value is -4.24. The van der Waals surface area contributed by atoms with Crippen molar-refractivity contribution in [2.24, 2.45) is 0 Å². The van der Waals surface area contributed by atoms with E-state index in [0.717, 1.165) is 11.3 Å². The Morgan fingerprint density at radius 2 is 1.86 bits per heavy atom. The monoisotopic (exact) mass is 365 g/mol. The first-order valence-electron chi connectivity index (χ1n) is 8.57. The molecule has 1 N–H and O–H groups in total. The van der Waals surface area contributed by atoms with Crippen molar-refractivity contribution in [3.8, 4) is 17.5 Å². The molecule has 0 fully saturated rings. The highest BCUT2D eigenvalue weighted by Crippen LogP contribution is 2.13. The van der Waals surface area contributed by atoms with Gasteiger partial charge in [-0.05, 0) is 60.5 Å². The second-order valence-corrected chi connectivity index (χ2v) is 5.89. The second kappa shape index (κ2) is 7.98. The first-order chi connectivity index (χ1) is 13.8. The number of nitrogens with one attached hydrogen (secondary N) is 1. The van der Waals surface area contributed by atoms with Gasteiger partial charge in [-0.2, -0.15) is 5.10 Å². The van der Waals surface area contributed by atoms with Crippen molar-refractivity contribution in [2.45, 2.75) is 0 Å². The van der Waals surface area contributed by atoms with Crippen LogP contribution in [0, 0.1) is 11.8 Å². The van der Waals surface area contributed by atoms with Gasteiger partial charge in [0, 0.05) is 23.0 Å². The minimum absolute atomic E-state index is 0.194. The summed E-state index contributed by atoms with van der Waals surface area (Å²) in [5.41, 5.74) is 3.56. The number of rotatable bonds is 3. The van der Waals surface area contributed by atoms with E-state index in [0.29, 0.717) is 16.9 Å². The van der Waals surface area contributed by atoms with E-state index in [9.17, 15) is 4.79 Å². The highest BCUT2D eigenvalue weighted by molar-refractivity contribution is 6.04. The number of benzene rings is 2. The van der Waals surface area contributed by atoms with Crippen LogP contribution in [0.25, 0.3) is 5.69 Å². The minimum atomic E-state index is -0.194. The number of amides is 1. The fourth-order valence-corrected chi connectivity index (χ4v) is 2.56. The number of carbonyl (C=O) groups excluding carboxylic acids is 1. The zero-order chi connectivity index (χ0) is 19.2. The van der Waals surface area contributed by atoms with Crippen molar-refractivity contribution in [1.82, 2.24) is 19.7 Å². The smallest absolute Gasteiger partial charge is 0.255 e. The van der Waals surface area contributed by atoms with E-state index in [4.69, 9.17) is 0 Å². The van der Waals surface area contributed by atoms with Crippen molar-refractivity contribution >= 4 is 11.6 Å². The van der Waals surface area contributed by atoms with Crippen LogP contribution >= 0.6 is 0 Å². The Morgan fingerprint density at radius 3 is 2.61 bits per heavy atom. The minimum Gasteiger partial charge on any atom is -0.322 e. The third-order valence-electron chi connectivity index (χ3n) is 3.93. The maximum absolute atomic E-state index is 12.5. The quantitative estimate of drug-likeness (QED) is 0.565. The largest absolute Gasteiger partial charge is 0.322 e. The molecule has 1 amide bonds. The molecule has 28 heavy (non-hydrogen) atoms. The van der Waals surface area contributed by atoms with Gasteiger partial charge in [-0.1, -0.05) is 18.1 Å². The highest BCUT2D eigenvalue weighted by atomic mass is 16.1. The topological polar surface area (TPSA) is 72.7 Å². The van der Waals surface area contributed by atoms with Gasteiger partial charge in [-0.3, -0.25) is 4.79 Å². The van der Waals surface area contributed by atoms with Crippen molar-refractivity contribution in [3.63, 3.8) is 0 Å². The lowest BCUT2D eigenvalue weighted by Gasteiger charge is -2.07. The SMILES string of the molecule is O=C(Nc1cccc(C#Cc2ccccn2)c1)c1ccc(-n2cncn2)cc1. The van der Waals surface area contributed by atoms with E-state index < -0.39 is 0 Å². The summed E-state index contributed by atoms with van der Waals surface area (Å²) in [5, 5.41) is 6.96. The van der Waals surface area contributed by atoms with E-state index >= 15 is 0 Å². The summed E-state index contributed by atoms with van der Waals surface area (Å²) in [6.07, 6.45) is 4.77. The fraction of sp³-hybridized carbons (Fsp3) is 0. The van der Waals surface area contributed by atoms with Gasteiger partial charge in [0.1, 0.15) is 18.3 Å². The molecular formula is C22H15N5O. The van der Waals surface area contributed by atoms with E-state index in [2.05, 4.69) is 32.2 Å². The molecule has 0 radical (unpaired) electrons. The Morgan fingerprint density at radius 1 is 0.964 bits per heavy atom. The zero-order valence-corrected chi connectivity index (χ0v) is 14.8. The van der Waals surface area contributed by atoms with Crippen molar-refractivity contribution < 1.29 is 4.79 Å². The molecule has 2 heterocycles. The summed E-state index contributed by atoms with van der Waals surface area (Å²) in [7, 11) is 0. The normalized spacial score (nSPS) is 10.0. The molecule has 0 aliphatic rings. The second-order valence-electron chi connectivity index (χ2n) is 5.89. The summed E-state index contributed by atoms with van der Waals surface area (Å²) in [4.78, 5) is 20.6. The van der Waals surface area contributed by atoms with Crippen LogP contribution in [0.4, 0.5) is 5.69 Å². The van der Waals surface area contributed by atoms with Crippen molar-refractivity contribution in [2.75, 3.05) is 5.32 Å². The average Bonchev–Trinajstić information content (AvgIpc) is 3.28. The summed E-state index contributed by atoms with van der Waals surface area (Å²) in [5.74, 6) is 5.87. The van der Waals surface area contributed by atoms with Gasteiger partial charge in [-0.15, -0.1) is 0 Å². The fourth-order valence-electron chi connectivity index (χ4n) is 2.56. The molecule has 0 spiro atoms. The van der Waals surface area contributed by atoms with Gasteiger partial charge < -0.3 is 5.32 Å². The molecule has 0 saturated carbocycles. The van der Waals surface area contributed by atoms with Crippen LogP contribution < -0.4 is 5.32 Å². The number of pyridine rings is 1. The number of nitrogens with zero attached hydrogens (tertiary/aromatic N) is 4. The molecule has 6 heteroatoms. The highest BCUT2D eigenvalue weighted by Gasteiger charge is 2.07. The first-order valence-corrected chi connectivity index (χ1v) is 8.57. The molecule has 0 aliphatic carbocycles. The van der Waals surface area contributed by atoms with E-state index in [1.54, 1.807) is 29.3 Å². The van der Waals surface area contributed by atoms with Crippen molar-refractivity contribution in [1.29, 1.82) is 0 Å². The van der Waals surface area contributed by atoms with E-state index in [1.807, 2.05) is 54.6 Å². The molecule has 6 nitrogen and oxygen atoms in total. The van der Waals surface area contributed by atoms with Crippen LogP contribution in [-0.4, -0.2) is 25.7 Å². The standard InChI is InChI=1S/C22H15N5O/c28-22(18-8-11-21(12-9-18)27-16-23-15-25-27)26-20-6-3-4-17(14-20)7-10-19-5-1-2-13-24-19/h1-6,8-9,11-16H,(H,26,28). The molecule has 0 aliphatic heterocycles. The average molecular weight is 365 g/mol. The van der Waals surface area contributed by atoms with Crippen LogP contribution in [0.1, 0.15) is 21.6 Å². The number of carbonyl (C=O) groups is 1. The maximum atomic E-state index is 12.5. The van der Waals surface area contributed by atoms with Gasteiger partial charge in [0.2, 0.25) is 0 Å². The number of anilines is 1. The Balaban J connectivity index is 1.47. The number of hydrogen-bond donors (Lipinski definition) is 1. The lowest BCUT2D eigenvalue weighted by Crippen LogP contribution is -2.12. The maximum Gasteiger partial charge on any atom is 0.255 e. The molecule has 2 aromatic heterocycles. The molecule has 4 aromatic rings. The molecule has 0 atom stereocenters. The van der Waals surface area contributed by atoms with Gasteiger partial charge >= 0.3 is 0 Å². The van der Waals surface area contributed by atoms with Gasteiger partial charge in [-0.25, -0.2) is 14.6 Å². The molecule has 4 rings (SSSR count). The van der Waals surface area contributed by atoms with Gasteiger partial charge in [0.05, 0.1) is 5.69 Å². The summed E-state index contributed by atoms with van der Waals surface area (Å²) >= 11 is 0. The lowest BCUT2D eigenvalue weighted by atomic mass is 10.1. The van der Waals surface area contributed by atoms with Gasteiger partial charge in [0.25, 0.3) is 5.91 Å². The van der Waals surface area contributed by atoms with Gasteiger partial charge in [0.15, 0.2) is 0 Å². The molecule has 0 unspecified atom stereocenters. The molecule has 0 bridgehead atoms. The Bertz CT molecular complexity index is 1140. The predicted octanol–water partition coefficient (Wildman–Crippen LogP) is 3.31. The number of hydrogen-bond acceptors (Lipinski definition) is 4. The third-order valence-corrected chi connectivity index (χ3v) is 3.93. The molecular weight excluding hydrogens is 350 g/mol. The van der Waals surface area contributed by atoms with Crippen molar-refractivity contribution in [3.05, 3.63) is 102 Å². The third kappa shape index (κ3) is 4.11. The summed E-state index contributed by atoms with van der Waals surface area (Å²) < 4.78 is 1.63. The predicted molar refractivity (Wildman–Crippen MR) is 106 cm³/mol. The van der Waals surface area contributed by atoms with E-state index in [1.165, 1.54) is 6.33 Å². The Labute approximate surface area is 161 Å². The zero-order valence-electron chi connectivity index (χ0n) is 14.8. The summed E-state index contributed by atoms with van der Waals surface area (Å²) in [6, 6.07) is 20.1. The van der Waals surface area contributed by atoms with Crippen LogP contribution in [0.5, 0.6) is 0 Å². The van der Waals surface area contributed by atoms with Crippen LogP contribution in [0.3, 0.4) is 0 Å². The number of aromatic nitrogens is 4. The first kappa shape index (κ1) is 17.2. The molecule has 0 saturated heterocycles. The Kier molecular flexibility index (Phi) is 4.90. The summed E-state index contributed by atoms with van der Waals surface area (Å²) in [6.45, 7) is 0.